The molecular weight excluding hydrogens is 234 g/mol. The Bertz CT molecular complexity index is 299. The molecule has 0 aromatic heterocycles. The smallest absolute Gasteiger partial charge is 0.0480 e. The molecule has 0 amide bonds. The van der Waals surface area contributed by atoms with E-state index in [2.05, 4.69) is 12.2 Å². The molecule has 5 aliphatic rings. The van der Waals surface area contributed by atoms with Crippen LogP contribution in [0.25, 0.3) is 0 Å². The third-order valence-corrected chi connectivity index (χ3v) is 6.71. The lowest BCUT2D eigenvalue weighted by molar-refractivity contribution is -0.0742. The van der Waals surface area contributed by atoms with Gasteiger partial charge in [-0.15, -0.1) is 0 Å². The van der Waals surface area contributed by atoms with E-state index in [4.69, 9.17) is 4.74 Å². The molecular formula is C17H29NO. The maximum absolute atomic E-state index is 5.49. The van der Waals surface area contributed by atoms with Crippen molar-refractivity contribution in [2.24, 2.45) is 23.2 Å². The van der Waals surface area contributed by atoms with Gasteiger partial charge in [-0.25, -0.2) is 0 Å². The van der Waals surface area contributed by atoms with Crippen molar-refractivity contribution < 1.29 is 4.74 Å². The Morgan fingerprint density at radius 1 is 0.947 bits per heavy atom. The van der Waals surface area contributed by atoms with Crippen LogP contribution < -0.4 is 5.32 Å². The summed E-state index contributed by atoms with van der Waals surface area (Å²) in [6, 6.07) is 1.45. The van der Waals surface area contributed by atoms with E-state index in [0.29, 0.717) is 5.41 Å². The summed E-state index contributed by atoms with van der Waals surface area (Å²) in [7, 11) is 0. The molecule has 5 fully saturated rings. The minimum Gasteiger partial charge on any atom is -0.381 e. The first-order valence-electron chi connectivity index (χ1n) is 8.57. The number of rotatable bonds is 3. The second kappa shape index (κ2) is 4.73. The lowest BCUT2D eigenvalue weighted by Crippen LogP contribution is -2.57. The number of ether oxygens (including phenoxy) is 1. The Hall–Kier alpha value is -0.0800. The van der Waals surface area contributed by atoms with Crippen LogP contribution in [-0.2, 0) is 4.74 Å². The normalized spacial score (nSPS) is 47.5. The first-order chi connectivity index (χ1) is 9.23. The Kier molecular flexibility index (Phi) is 3.15. The minimum atomic E-state index is 0.660. The van der Waals surface area contributed by atoms with Crippen molar-refractivity contribution in [1.29, 1.82) is 0 Å². The first-order valence-corrected chi connectivity index (χ1v) is 8.57. The van der Waals surface area contributed by atoms with Gasteiger partial charge in [0.2, 0.25) is 0 Å². The van der Waals surface area contributed by atoms with Crippen molar-refractivity contribution in [2.75, 3.05) is 13.2 Å². The van der Waals surface area contributed by atoms with Gasteiger partial charge in [-0.2, -0.15) is 0 Å². The molecule has 1 heterocycles. The quantitative estimate of drug-likeness (QED) is 0.843. The van der Waals surface area contributed by atoms with Crippen LogP contribution in [0.1, 0.15) is 58.3 Å². The van der Waals surface area contributed by atoms with Gasteiger partial charge in [-0.3, -0.25) is 0 Å². The fourth-order valence-corrected chi connectivity index (χ4v) is 6.10. The molecule has 0 spiro atoms. The lowest BCUT2D eigenvalue weighted by Gasteiger charge is -2.59. The van der Waals surface area contributed by atoms with Crippen molar-refractivity contribution >= 4 is 0 Å². The summed E-state index contributed by atoms with van der Waals surface area (Å²) in [6.45, 7) is 4.42. The molecule has 1 aliphatic heterocycles. The highest BCUT2D eigenvalue weighted by Crippen LogP contribution is 2.61. The number of nitrogens with one attached hydrogen (secondary N) is 1. The Morgan fingerprint density at radius 2 is 1.47 bits per heavy atom. The minimum absolute atomic E-state index is 0.660. The fourth-order valence-electron chi connectivity index (χ4n) is 6.10. The highest BCUT2D eigenvalue weighted by Gasteiger charge is 2.53. The van der Waals surface area contributed by atoms with Gasteiger partial charge in [-0.1, -0.05) is 0 Å². The molecule has 108 valence electrons. The van der Waals surface area contributed by atoms with E-state index in [1.165, 1.54) is 32.1 Å². The molecule has 1 N–H and O–H groups in total. The van der Waals surface area contributed by atoms with Gasteiger partial charge in [-0.05, 0) is 81.5 Å². The Balaban J connectivity index is 1.45. The van der Waals surface area contributed by atoms with E-state index in [-0.39, 0.29) is 0 Å². The van der Waals surface area contributed by atoms with E-state index in [9.17, 15) is 0 Å². The van der Waals surface area contributed by atoms with Gasteiger partial charge >= 0.3 is 0 Å². The lowest BCUT2D eigenvalue weighted by atomic mass is 9.48. The standard InChI is InChI=1S/C17H29NO/c1-12(18-16-2-4-19-5-3-16)17-9-13-6-14(10-17)8-15(7-13)11-17/h12-16,18H,2-11H2,1H3. The van der Waals surface area contributed by atoms with E-state index in [1.54, 1.807) is 19.3 Å². The third-order valence-electron chi connectivity index (χ3n) is 6.71. The zero-order chi connectivity index (χ0) is 12.9. The molecule has 4 saturated carbocycles. The van der Waals surface area contributed by atoms with E-state index in [0.717, 1.165) is 43.1 Å². The van der Waals surface area contributed by atoms with Crippen LogP contribution in [0.3, 0.4) is 0 Å². The van der Waals surface area contributed by atoms with Crippen LogP contribution in [0, 0.1) is 23.2 Å². The highest BCUT2D eigenvalue weighted by molar-refractivity contribution is 5.05. The molecule has 19 heavy (non-hydrogen) atoms. The second-order valence-electron chi connectivity index (χ2n) is 8.05. The maximum atomic E-state index is 5.49. The van der Waals surface area contributed by atoms with Gasteiger partial charge in [0, 0.05) is 25.3 Å². The van der Waals surface area contributed by atoms with Gasteiger partial charge in [0.1, 0.15) is 0 Å². The van der Waals surface area contributed by atoms with Gasteiger partial charge in [0.15, 0.2) is 0 Å². The van der Waals surface area contributed by atoms with Crippen molar-refractivity contribution in [2.45, 2.75) is 70.4 Å². The second-order valence-corrected chi connectivity index (χ2v) is 8.05. The monoisotopic (exact) mass is 263 g/mol. The molecule has 0 aromatic rings. The van der Waals surface area contributed by atoms with Crippen molar-refractivity contribution in [3.8, 4) is 0 Å². The highest BCUT2D eigenvalue weighted by atomic mass is 16.5. The van der Waals surface area contributed by atoms with Crippen LogP contribution in [0.4, 0.5) is 0 Å². The summed E-state index contributed by atoms with van der Waals surface area (Å²) in [5.74, 6) is 3.22. The molecule has 1 unspecified atom stereocenters. The molecule has 1 saturated heterocycles. The van der Waals surface area contributed by atoms with E-state index < -0.39 is 0 Å². The van der Waals surface area contributed by atoms with E-state index in [1.807, 2.05) is 0 Å². The summed E-state index contributed by atoms with van der Waals surface area (Å²) in [6.07, 6.45) is 11.7. The maximum Gasteiger partial charge on any atom is 0.0480 e. The third kappa shape index (κ3) is 2.25. The van der Waals surface area contributed by atoms with Crippen LogP contribution in [-0.4, -0.2) is 25.3 Å². The Morgan fingerprint density at radius 3 is 2.00 bits per heavy atom. The van der Waals surface area contributed by atoms with Crippen LogP contribution in [0.15, 0.2) is 0 Å². The molecule has 4 aliphatic carbocycles. The predicted octanol–water partition coefficient (Wildman–Crippen LogP) is 3.36. The molecule has 4 bridgehead atoms. The molecule has 2 nitrogen and oxygen atoms in total. The summed E-state index contributed by atoms with van der Waals surface area (Å²) >= 11 is 0. The SMILES string of the molecule is CC(NC1CCOCC1)C12CC3CC(CC(C3)C1)C2. The van der Waals surface area contributed by atoms with Gasteiger partial charge in [0.05, 0.1) is 0 Å². The van der Waals surface area contributed by atoms with E-state index >= 15 is 0 Å². The molecule has 2 heteroatoms. The molecule has 1 atom stereocenters. The zero-order valence-corrected chi connectivity index (χ0v) is 12.4. The van der Waals surface area contributed by atoms with Crippen molar-refractivity contribution in [3.05, 3.63) is 0 Å². The van der Waals surface area contributed by atoms with Gasteiger partial charge in [0.25, 0.3) is 0 Å². The number of hydrogen-bond donors (Lipinski definition) is 1. The fraction of sp³-hybridized carbons (Fsp3) is 1.00. The average molecular weight is 263 g/mol. The summed E-state index contributed by atoms with van der Waals surface area (Å²) in [5.41, 5.74) is 0.660. The van der Waals surface area contributed by atoms with Crippen molar-refractivity contribution in [1.82, 2.24) is 5.32 Å². The molecule has 0 aromatic carbocycles. The van der Waals surface area contributed by atoms with Crippen LogP contribution in [0.2, 0.25) is 0 Å². The average Bonchev–Trinajstić information content (AvgIpc) is 2.38. The predicted molar refractivity (Wildman–Crippen MR) is 77.0 cm³/mol. The van der Waals surface area contributed by atoms with Crippen molar-refractivity contribution in [3.63, 3.8) is 0 Å². The zero-order valence-electron chi connectivity index (χ0n) is 12.4. The molecule has 0 radical (unpaired) electrons. The summed E-state index contributed by atoms with van der Waals surface area (Å²) in [5, 5.41) is 4.00. The van der Waals surface area contributed by atoms with Gasteiger partial charge < -0.3 is 10.1 Å². The summed E-state index contributed by atoms with van der Waals surface area (Å²) < 4.78 is 5.49. The first kappa shape index (κ1) is 12.6. The summed E-state index contributed by atoms with van der Waals surface area (Å²) in [4.78, 5) is 0. The van der Waals surface area contributed by atoms with Crippen LogP contribution in [0.5, 0.6) is 0 Å². The van der Waals surface area contributed by atoms with Crippen LogP contribution >= 0.6 is 0 Å². The Labute approximate surface area is 117 Å². The number of hydrogen-bond acceptors (Lipinski definition) is 2. The topological polar surface area (TPSA) is 21.3 Å². The largest absolute Gasteiger partial charge is 0.381 e. The molecule has 5 rings (SSSR count).